The molecule has 0 saturated carbocycles. The van der Waals surface area contributed by atoms with Gasteiger partial charge in [-0.2, -0.15) is 0 Å². The van der Waals surface area contributed by atoms with Crippen molar-refractivity contribution in [3.05, 3.63) is 65.7 Å². The molecule has 5 nitrogen and oxygen atoms in total. The molecule has 1 N–H and O–H groups in total. The van der Waals surface area contributed by atoms with Gasteiger partial charge in [-0.05, 0) is 38.7 Å². The number of anilines is 1. The van der Waals surface area contributed by atoms with Crippen molar-refractivity contribution in [2.45, 2.75) is 13.5 Å². The Hall–Kier alpha value is -2.31. The Labute approximate surface area is 172 Å². The minimum absolute atomic E-state index is 0.0545. The smallest absolute Gasteiger partial charge is 0.234 e. The van der Waals surface area contributed by atoms with Crippen LogP contribution in [0.3, 0.4) is 0 Å². The zero-order valence-electron chi connectivity index (χ0n) is 16.9. The van der Waals surface area contributed by atoms with Crippen molar-refractivity contribution >= 4 is 29.3 Å². The lowest BCUT2D eigenvalue weighted by Gasteiger charge is -2.24. The van der Waals surface area contributed by atoms with E-state index in [1.165, 1.54) is 11.8 Å². The van der Waals surface area contributed by atoms with Gasteiger partial charge in [0.2, 0.25) is 11.8 Å². The van der Waals surface area contributed by atoms with Crippen LogP contribution in [0.25, 0.3) is 0 Å². The van der Waals surface area contributed by atoms with Crippen molar-refractivity contribution in [1.82, 2.24) is 9.80 Å². The Morgan fingerprint density at radius 3 is 2.25 bits per heavy atom. The van der Waals surface area contributed by atoms with E-state index in [9.17, 15) is 9.59 Å². The van der Waals surface area contributed by atoms with Gasteiger partial charge in [0.1, 0.15) is 0 Å². The zero-order chi connectivity index (χ0) is 20.4. The van der Waals surface area contributed by atoms with Crippen LogP contribution < -0.4 is 5.32 Å². The summed E-state index contributed by atoms with van der Waals surface area (Å²) in [4.78, 5) is 28.7. The van der Waals surface area contributed by atoms with Gasteiger partial charge in [-0.1, -0.05) is 48.0 Å². The second-order valence-corrected chi connectivity index (χ2v) is 8.00. The van der Waals surface area contributed by atoms with Crippen LogP contribution in [0, 0.1) is 6.92 Å². The van der Waals surface area contributed by atoms with Crippen LogP contribution in [-0.4, -0.2) is 60.3 Å². The first-order valence-corrected chi connectivity index (χ1v) is 10.5. The van der Waals surface area contributed by atoms with Crippen LogP contribution in [0.15, 0.2) is 54.6 Å². The molecule has 0 atom stereocenters. The summed E-state index contributed by atoms with van der Waals surface area (Å²) in [5, 5.41) is 2.86. The molecule has 0 aromatic heterocycles. The average molecular weight is 400 g/mol. The summed E-state index contributed by atoms with van der Waals surface area (Å²) < 4.78 is 0. The highest BCUT2D eigenvalue weighted by Crippen LogP contribution is 2.11. The first-order valence-electron chi connectivity index (χ1n) is 9.35. The fourth-order valence-corrected chi connectivity index (χ4v) is 3.29. The lowest BCUT2D eigenvalue weighted by atomic mass is 10.2. The summed E-state index contributed by atoms with van der Waals surface area (Å²) in [5.74, 6) is 0.511. The van der Waals surface area contributed by atoms with Gasteiger partial charge in [0.15, 0.2) is 0 Å². The van der Waals surface area contributed by atoms with E-state index < -0.39 is 0 Å². The number of aryl methyl sites for hydroxylation is 1. The molecule has 150 valence electrons. The maximum absolute atomic E-state index is 12.7. The molecule has 2 aromatic rings. The van der Waals surface area contributed by atoms with Crippen molar-refractivity contribution in [3.8, 4) is 0 Å². The van der Waals surface area contributed by atoms with Crippen LogP contribution in [0.1, 0.15) is 11.1 Å². The predicted molar refractivity (Wildman–Crippen MR) is 118 cm³/mol. The number of rotatable bonds is 10. The molecule has 0 aliphatic heterocycles. The van der Waals surface area contributed by atoms with Crippen molar-refractivity contribution < 1.29 is 9.59 Å². The molecule has 0 bridgehead atoms. The molecule has 2 rings (SSSR count). The van der Waals surface area contributed by atoms with Crippen LogP contribution in [0.2, 0.25) is 0 Å². The maximum Gasteiger partial charge on any atom is 0.234 e. The lowest BCUT2D eigenvalue weighted by Crippen LogP contribution is -2.37. The van der Waals surface area contributed by atoms with E-state index in [2.05, 4.69) is 10.2 Å². The SMILES string of the molecule is Cc1ccc(NC(=O)CSCC(=O)N(CCN(C)C)Cc2ccccc2)cc1. The van der Waals surface area contributed by atoms with Gasteiger partial charge in [-0.25, -0.2) is 0 Å². The van der Waals surface area contributed by atoms with Gasteiger partial charge < -0.3 is 15.1 Å². The Kier molecular flexibility index (Phi) is 9.04. The van der Waals surface area contributed by atoms with Gasteiger partial charge in [-0.15, -0.1) is 11.8 Å². The van der Waals surface area contributed by atoms with E-state index in [1.54, 1.807) is 0 Å². The standard InChI is InChI=1S/C22H29N3O2S/c1-18-9-11-20(12-10-18)23-21(26)16-28-17-22(27)25(14-13-24(2)3)15-19-7-5-4-6-8-19/h4-12H,13-17H2,1-3H3,(H,23,26). The minimum atomic E-state index is -0.0930. The minimum Gasteiger partial charge on any atom is -0.336 e. The van der Waals surface area contributed by atoms with E-state index >= 15 is 0 Å². The normalized spacial score (nSPS) is 10.7. The van der Waals surface area contributed by atoms with Gasteiger partial charge >= 0.3 is 0 Å². The molecule has 0 unspecified atom stereocenters. The second kappa shape index (κ2) is 11.5. The number of hydrogen-bond acceptors (Lipinski definition) is 4. The highest BCUT2D eigenvalue weighted by atomic mass is 32.2. The predicted octanol–water partition coefficient (Wildman–Crippen LogP) is 3.26. The van der Waals surface area contributed by atoms with Crippen molar-refractivity contribution in [3.63, 3.8) is 0 Å². The molecule has 0 spiro atoms. The molecule has 0 heterocycles. The number of likely N-dealkylation sites (N-methyl/N-ethyl adjacent to an activating group) is 1. The monoisotopic (exact) mass is 399 g/mol. The third-order valence-corrected chi connectivity index (χ3v) is 5.10. The molecule has 0 radical (unpaired) electrons. The van der Waals surface area contributed by atoms with Crippen molar-refractivity contribution in [2.24, 2.45) is 0 Å². The molecule has 2 amide bonds. The summed E-state index contributed by atoms with van der Waals surface area (Å²) in [7, 11) is 3.99. The molecule has 2 aromatic carbocycles. The van der Waals surface area contributed by atoms with Gasteiger partial charge in [0.25, 0.3) is 0 Å². The number of amides is 2. The van der Waals surface area contributed by atoms with Crippen LogP contribution in [0.5, 0.6) is 0 Å². The summed E-state index contributed by atoms with van der Waals surface area (Å²) in [6.07, 6.45) is 0. The third-order valence-electron chi connectivity index (χ3n) is 4.18. The van der Waals surface area contributed by atoms with E-state index in [0.29, 0.717) is 18.8 Å². The first kappa shape index (κ1) is 22.0. The lowest BCUT2D eigenvalue weighted by molar-refractivity contribution is -0.129. The van der Waals surface area contributed by atoms with Crippen LogP contribution >= 0.6 is 11.8 Å². The van der Waals surface area contributed by atoms with Gasteiger partial charge in [-0.3, -0.25) is 9.59 Å². The number of hydrogen-bond donors (Lipinski definition) is 1. The van der Waals surface area contributed by atoms with E-state index in [1.807, 2.05) is 80.5 Å². The van der Waals surface area contributed by atoms with Gasteiger partial charge in [0.05, 0.1) is 11.5 Å². The number of benzene rings is 2. The molecule has 28 heavy (non-hydrogen) atoms. The largest absolute Gasteiger partial charge is 0.336 e. The number of nitrogens with one attached hydrogen (secondary N) is 1. The van der Waals surface area contributed by atoms with Gasteiger partial charge in [0, 0.05) is 25.3 Å². The zero-order valence-corrected chi connectivity index (χ0v) is 17.7. The fraction of sp³-hybridized carbons (Fsp3) is 0.364. The van der Waals surface area contributed by atoms with Crippen molar-refractivity contribution in [1.29, 1.82) is 0 Å². The number of thioether (sulfide) groups is 1. The number of carbonyl (C=O) groups excluding carboxylic acids is 2. The van der Waals surface area contributed by atoms with E-state index in [-0.39, 0.29) is 17.6 Å². The number of carbonyl (C=O) groups is 2. The van der Waals surface area contributed by atoms with Crippen LogP contribution in [-0.2, 0) is 16.1 Å². The summed E-state index contributed by atoms with van der Waals surface area (Å²) in [5.41, 5.74) is 3.03. The Balaban J connectivity index is 1.82. The first-order chi connectivity index (χ1) is 13.4. The topological polar surface area (TPSA) is 52.7 Å². The number of nitrogens with zero attached hydrogens (tertiary/aromatic N) is 2. The summed E-state index contributed by atoms with van der Waals surface area (Å²) in [6.45, 7) is 4.06. The van der Waals surface area contributed by atoms with E-state index in [4.69, 9.17) is 0 Å². The maximum atomic E-state index is 12.7. The highest BCUT2D eigenvalue weighted by Gasteiger charge is 2.15. The highest BCUT2D eigenvalue weighted by molar-refractivity contribution is 8.00. The molecular weight excluding hydrogens is 370 g/mol. The second-order valence-electron chi connectivity index (χ2n) is 7.01. The molecular formula is C22H29N3O2S. The average Bonchev–Trinajstić information content (AvgIpc) is 2.67. The quantitative estimate of drug-likeness (QED) is 0.666. The van der Waals surface area contributed by atoms with Crippen LogP contribution in [0.4, 0.5) is 5.69 Å². The molecule has 6 heteroatoms. The third kappa shape index (κ3) is 8.15. The molecule has 0 fully saturated rings. The molecule has 0 saturated heterocycles. The Morgan fingerprint density at radius 2 is 1.61 bits per heavy atom. The Bertz CT molecular complexity index is 748. The Morgan fingerprint density at radius 1 is 0.929 bits per heavy atom. The molecule has 0 aliphatic rings. The summed E-state index contributed by atoms with van der Waals surface area (Å²) >= 11 is 1.35. The van der Waals surface area contributed by atoms with Crippen molar-refractivity contribution in [2.75, 3.05) is 44.0 Å². The van der Waals surface area contributed by atoms with E-state index in [0.717, 1.165) is 23.4 Å². The summed E-state index contributed by atoms with van der Waals surface area (Å²) in [6, 6.07) is 17.7. The fourth-order valence-electron chi connectivity index (χ4n) is 2.57. The molecule has 0 aliphatic carbocycles.